The van der Waals surface area contributed by atoms with Crippen LogP contribution in [0.3, 0.4) is 0 Å². The molecule has 6 nitrogen and oxygen atoms in total. The predicted molar refractivity (Wildman–Crippen MR) is 73.4 cm³/mol. The summed E-state index contributed by atoms with van der Waals surface area (Å²) in [7, 11) is -2.64. The van der Waals surface area contributed by atoms with Crippen LogP contribution >= 0.6 is 0 Å². The number of carboxylic acid groups (broad SMARTS) is 1. The van der Waals surface area contributed by atoms with Crippen LogP contribution in [0, 0.1) is 6.92 Å². The molecular formula is C12H18N2O4S. The molecule has 0 spiro atoms. The van der Waals surface area contributed by atoms with E-state index in [4.69, 9.17) is 5.11 Å². The van der Waals surface area contributed by atoms with Crippen molar-refractivity contribution >= 4 is 21.9 Å². The number of anilines is 1. The average molecular weight is 286 g/mol. The number of aliphatic carboxylic acids is 1. The maximum Gasteiger partial charge on any atom is 0.318 e. The minimum Gasteiger partial charge on any atom is -0.480 e. The molecule has 0 aromatic heterocycles. The molecule has 0 aliphatic carbocycles. The van der Waals surface area contributed by atoms with E-state index in [2.05, 4.69) is 4.72 Å². The topological polar surface area (TPSA) is 86.7 Å². The van der Waals surface area contributed by atoms with E-state index in [-0.39, 0.29) is 0 Å². The van der Waals surface area contributed by atoms with Gasteiger partial charge in [-0.25, -0.2) is 0 Å². The highest BCUT2D eigenvalue weighted by Gasteiger charge is 2.21. The molecule has 1 rings (SSSR count). The van der Waals surface area contributed by atoms with Crippen molar-refractivity contribution in [1.82, 2.24) is 4.31 Å². The summed E-state index contributed by atoms with van der Waals surface area (Å²) in [5, 5.41) is 8.63. The Morgan fingerprint density at radius 1 is 1.42 bits per heavy atom. The van der Waals surface area contributed by atoms with Crippen LogP contribution in [-0.2, 0) is 21.4 Å². The molecule has 0 heterocycles. The molecule has 19 heavy (non-hydrogen) atoms. The molecule has 0 fully saturated rings. The van der Waals surface area contributed by atoms with Crippen LogP contribution in [0.4, 0.5) is 5.69 Å². The van der Waals surface area contributed by atoms with E-state index in [1.807, 2.05) is 19.1 Å². The third kappa shape index (κ3) is 3.93. The highest BCUT2D eigenvalue weighted by atomic mass is 32.2. The molecule has 7 heteroatoms. The largest absolute Gasteiger partial charge is 0.480 e. The Hall–Kier alpha value is -1.60. The first-order valence-corrected chi connectivity index (χ1v) is 7.26. The van der Waals surface area contributed by atoms with Crippen LogP contribution in [0.15, 0.2) is 18.2 Å². The Morgan fingerprint density at radius 2 is 2.05 bits per heavy atom. The summed E-state index contributed by atoms with van der Waals surface area (Å²) in [5.74, 6) is -1.20. The van der Waals surface area contributed by atoms with Gasteiger partial charge < -0.3 is 5.11 Å². The first-order valence-electron chi connectivity index (χ1n) is 5.82. The lowest BCUT2D eigenvalue weighted by atomic mass is 10.1. The summed E-state index contributed by atoms with van der Waals surface area (Å²) in [6.45, 7) is 3.14. The zero-order valence-electron chi connectivity index (χ0n) is 11.2. The summed E-state index contributed by atoms with van der Waals surface area (Å²) < 4.78 is 27.2. The van der Waals surface area contributed by atoms with Gasteiger partial charge in [-0.15, -0.1) is 0 Å². The number of hydrogen-bond acceptors (Lipinski definition) is 3. The third-order valence-electron chi connectivity index (χ3n) is 2.74. The lowest BCUT2D eigenvalue weighted by Crippen LogP contribution is -2.36. The Bertz CT molecular complexity index is 569. The fourth-order valence-electron chi connectivity index (χ4n) is 1.65. The van der Waals surface area contributed by atoms with E-state index >= 15 is 0 Å². The van der Waals surface area contributed by atoms with Gasteiger partial charge in [0, 0.05) is 7.05 Å². The molecular weight excluding hydrogens is 268 g/mol. The van der Waals surface area contributed by atoms with Gasteiger partial charge in [0.25, 0.3) is 0 Å². The SMILES string of the molecule is CCc1cccc(C)c1NS(=O)(=O)N(C)CC(=O)O. The molecule has 0 saturated heterocycles. The number of rotatable bonds is 6. The van der Waals surface area contributed by atoms with Gasteiger partial charge in [0.1, 0.15) is 6.54 Å². The molecule has 0 saturated carbocycles. The smallest absolute Gasteiger partial charge is 0.318 e. The molecule has 1 aromatic carbocycles. The zero-order valence-corrected chi connectivity index (χ0v) is 12.0. The number of aryl methyl sites for hydroxylation is 2. The van der Waals surface area contributed by atoms with Crippen molar-refractivity contribution in [3.05, 3.63) is 29.3 Å². The quantitative estimate of drug-likeness (QED) is 0.823. The molecule has 0 radical (unpaired) electrons. The standard InChI is InChI=1S/C12H18N2O4S/c1-4-10-7-5-6-9(2)12(10)13-19(17,18)14(3)8-11(15)16/h5-7,13H,4,8H2,1-3H3,(H,15,16). The van der Waals surface area contributed by atoms with Crippen LogP contribution < -0.4 is 4.72 Å². The predicted octanol–water partition coefficient (Wildman–Crippen LogP) is 1.23. The van der Waals surface area contributed by atoms with Crippen molar-refractivity contribution in [3.63, 3.8) is 0 Å². The van der Waals surface area contributed by atoms with Crippen molar-refractivity contribution < 1.29 is 18.3 Å². The number of nitrogens with one attached hydrogen (secondary N) is 1. The second-order valence-electron chi connectivity index (χ2n) is 4.22. The molecule has 0 amide bonds. The van der Waals surface area contributed by atoms with Gasteiger partial charge in [-0.1, -0.05) is 25.1 Å². The molecule has 0 atom stereocenters. The zero-order chi connectivity index (χ0) is 14.6. The third-order valence-corrected chi connectivity index (χ3v) is 4.15. The van der Waals surface area contributed by atoms with Crippen LogP contribution in [0.2, 0.25) is 0 Å². The lowest BCUT2D eigenvalue weighted by Gasteiger charge is -2.19. The Balaban J connectivity index is 3.05. The number of nitrogens with zero attached hydrogens (tertiary/aromatic N) is 1. The normalized spacial score (nSPS) is 11.6. The summed E-state index contributed by atoms with van der Waals surface area (Å²) >= 11 is 0. The number of para-hydroxylation sites is 1. The summed E-state index contributed by atoms with van der Waals surface area (Å²) in [4.78, 5) is 10.6. The van der Waals surface area contributed by atoms with Gasteiger partial charge in [-0.2, -0.15) is 12.7 Å². The molecule has 0 aliphatic rings. The maximum absolute atomic E-state index is 12.0. The minimum absolute atomic E-state index is 0.516. The van der Waals surface area contributed by atoms with E-state index in [9.17, 15) is 13.2 Å². The maximum atomic E-state index is 12.0. The number of carbonyl (C=O) groups is 1. The van der Waals surface area contributed by atoms with Gasteiger partial charge in [0.05, 0.1) is 5.69 Å². The fourth-order valence-corrected chi connectivity index (χ4v) is 2.64. The number of carboxylic acids is 1. The second kappa shape index (κ2) is 6.03. The second-order valence-corrected chi connectivity index (χ2v) is 6.00. The van der Waals surface area contributed by atoms with Gasteiger partial charge >= 0.3 is 16.2 Å². The highest BCUT2D eigenvalue weighted by Crippen LogP contribution is 2.22. The minimum atomic E-state index is -3.86. The molecule has 2 N–H and O–H groups in total. The Labute approximate surface area is 113 Å². The number of benzene rings is 1. The van der Waals surface area contributed by atoms with E-state index in [0.717, 1.165) is 15.4 Å². The number of hydrogen-bond donors (Lipinski definition) is 2. The van der Waals surface area contributed by atoms with Crippen molar-refractivity contribution in [2.45, 2.75) is 20.3 Å². The summed E-state index contributed by atoms with van der Waals surface area (Å²) in [5.41, 5.74) is 2.18. The van der Waals surface area contributed by atoms with Crippen LogP contribution in [0.1, 0.15) is 18.1 Å². The monoisotopic (exact) mass is 286 g/mol. The highest BCUT2D eigenvalue weighted by molar-refractivity contribution is 7.90. The van der Waals surface area contributed by atoms with Gasteiger partial charge in [0.2, 0.25) is 0 Å². The van der Waals surface area contributed by atoms with Crippen LogP contribution in [0.5, 0.6) is 0 Å². The molecule has 1 aromatic rings. The molecule has 106 valence electrons. The molecule has 0 bridgehead atoms. The fraction of sp³-hybridized carbons (Fsp3) is 0.417. The van der Waals surface area contributed by atoms with Crippen molar-refractivity contribution in [2.75, 3.05) is 18.3 Å². The molecule has 0 aliphatic heterocycles. The van der Waals surface area contributed by atoms with Gasteiger partial charge in [0.15, 0.2) is 0 Å². The summed E-state index contributed by atoms with van der Waals surface area (Å²) in [6, 6.07) is 5.49. The van der Waals surface area contributed by atoms with Crippen molar-refractivity contribution in [2.24, 2.45) is 0 Å². The van der Waals surface area contributed by atoms with E-state index in [1.54, 1.807) is 13.0 Å². The lowest BCUT2D eigenvalue weighted by molar-refractivity contribution is -0.137. The Kier molecular flexibility index (Phi) is 4.90. The van der Waals surface area contributed by atoms with Gasteiger partial charge in [-0.3, -0.25) is 9.52 Å². The van der Waals surface area contributed by atoms with E-state index < -0.39 is 22.7 Å². The van der Waals surface area contributed by atoms with E-state index in [1.165, 1.54) is 7.05 Å². The first-order chi connectivity index (χ1) is 8.77. The molecule has 0 unspecified atom stereocenters. The van der Waals surface area contributed by atoms with Crippen molar-refractivity contribution in [3.8, 4) is 0 Å². The first kappa shape index (κ1) is 15.5. The van der Waals surface area contributed by atoms with Gasteiger partial charge in [-0.05, 0) is 24.5 Å². The van der Waals surface area contributed by atoms with Crippen LogP contribution in [-0.4, -0.2) is 37.4 Å². The van der Waals surface area contributed by atoms with Crippen LogP contribution in [0.25, 0.3) is 0 Å². The van der Waals surface area contributed by atoms with E-state index in [0.29, 0.717) is 12.1 Å². The Morgan fingerprint density at radius 3 is 2.58 bits per heavy atom. The number of likely N-dealkylation sites (N-methyl/N-ethyl adjacent to an activating group) is 1. The average Bonchev–Trinajstić information content (AvgIpc) is 2.30. The van der Waals surface area contributed by atoms with Crippen molar-refractivity contribution in [1.29, 1.82) is 0 Å². The summed E-state index contributed by atoms with van der Waals surface area (Å²) in [6.07, 6.45) is 0.683.